The number of carbonyl (C=O) groups is 1. The maximum absolute atomic E-state index is 12.6. The Morgan fingerprint density at radius 1 is 1.41 bits per heavy atom. The maximum Gasteiger partial charge on any atom is 0.332 e. The van der Waals surface area contributed by atoms with E-state index in [-0.39, 0.29) is 18.8 Å². The highest BCUT2D eigenvalue weighted by Gasteiger charge is 2.16. The van der Waals surface area contributed by atoms with Gasteiger partial charge >= 0.3 is 5.97 Å². The van der Waals surface area contributed by atoms with Gasteiger partial charge in [-0.1, -0.05) is 0 Å². The molecular formula is C12H15FO4. The molecule has 0 saturated heterocycles. The molecule has 0 fully saturated rings. The van der Waals surface area contributed by atoms with Gasteiger partial charge in [-0.15, -0.1) is 0 Å². The lowest BCUT2D eigenvalue weighted by atomic mass is 10.2. The molecule has 1 rings (SSSR count). The number of halogens is 1. The van der Waals surface area contributed by atoms with E-state index >= 15 is 0 Å². The molecule has 0 amide bonds. The highest BCUT2D eigenvalue weighted by molar-refractivity contribution is 5.72. The highest BCUT2D eigenvalue weighted by atomic mass is 19.1. The number of benzene rings is 1. The Hall–Kier alpha value is -1.62. The summed E-state index contributed by atoms with van der Waals surface area (Å²) in [5.74, 6) is -0.836. The summed E-state index contributed by atoms with van der Waals surface area (Å²) in [6.45, 7) is 2.28. The van der Waals surface area contributed by atoms with Crippen molar-refractivity contribution in [2.75, 3.05) is 13.2 Å². The summed E-state index contributed by atoms with van der Waals surface area (Å²) < 4.78 is 22.9. The van der Waals surface area contributed by atoms with Crippen molar-refractivity contribution in [2.45, 2.75) is 19.4 Å². The summed E-state index contributed by atoms with van der Waals surface area (Å²) in [5.41, 5.74) is 0. The quantitative estimate of drug-likeness (QED) is 0.795. The molecular weight excluding hydrogens is 227 g/mol. The summed E-state index contributed by atoms with van der Waals surface area (Å²) in [5, 5.41) is 8.81. The Balaban J connectivity index is 2.35. The minimum absolute atomic E-state index is 0.211. The molecule has 4 nitrogen and oxygen atoms in total. The number of ether oxygens (including phenoxy) is 2. The van der Waals surface area contributed by atoms with Crippen molar-refractivity contribution in [1.29, 1.82) is 0 Å². The first-order valence-corrected chi connectivity index (χ1v) is 5.36. The fraction of sp³-hybridized carbons (Fsp3) is 0.417. The number of rotatable bonds is 7. The van der Waals surface area contributed by atoms with E-state index in [1.54, 1.807) is 6.92 Å². The van der Waals surface area contributed by atoms with Crippen LogP contribution in [-0.2, 0) is 9.53 Å². The SMILES string of the molecule is CCOC(CCOc1ccc(F)cc1)C(=O)O. The summed E-state index contributed by atoms with van der Waals surface area (Å²) >= 11 is 0. The van der Waals surface area contributed by atoms with Crippen molar-refractivity contribution in [3.8, 4) is 5.75 Å². The lowest BCUT2D eigenvalue weighted by Crippen LogP contribution is -2.26. The van der Waals surface area contributed by atoms with Crippen LogP contribution in [0.4, 0.5) is 4.39 Å². The summed E-state index contributed by atoms with van der Waals surface area (Å²) in [6.07, 6.45) is -0.610. The molecule has 17 heavy (non-hydrogen) atoms. The molecule has 0 aliphatic rings. The van der Waals surface area contributed by atoms with Crippen molar-refractivity contribution >= 4 is 5.97 Å². The van der Waals surface area contributed by atoms with Crippen LogP contribution < -0.4 is 4.74 Å². The van der Waals surface area contributed by atoms with Gasteiger partial charge in [-0.2, -0.15) is 0 Å². The number of carboxylic acids is 1. The highest BCUT2D eigenvalue weighted by Crippen LogP contribution is 2.12. The van der Waals surface area contributed by atoms with Crippen molar-refractivity contribution in [1.82, 2.24) is 0 Å². The topological polar surface area (TPSA) is 55.8 Å². The van der Waals surface area contributed by atoms with Gasteiger partial charge in [0.1, 0.15) is 11.6 Å². The second kappa shape index (κ2) is 6.85. The molecule has 1 aromatic rings. The molecule has 94 valence electrons. The van der Waals surface area contributed by atoms with Crippen LogP contribution in [0.3, 0.4) is 0 Å². The van der Waals surface area contributed by atoms with Gasteiger partial charge in [-0.25, -0.2) is 9.18 Å². The molecule has 0 bridgehead atoms. The Kier molecular flexibility index (Phi) is 5.42. The fourth-order valence-corrected chi connectivity index (χ4v) is 1.29. The van der Waals surface area contributed by atoms with E-state index in [1.807, 2.05) is 0 Å². The van der Waals surface area contributed by atoms with E-state index in [1.165, 1.54) is 24.3 Å². The molecule has 0 heterocycles. The van der Waals surface area contributed by atoms with Gasteiger partial charge < -0.3 is 14.6 Å². The van der Waals surface area contributed by atoms with E-state index in [0.717, 1.165) is 0 Å². The van der Waals surface area contributed by atoms with E-state index in [2.05, 4.69) is 0 Å². The van der Waals surface area contributed by atoms with E-state index in [9.17, 15) is 9.18 Å². The summed E-state index contributed by atoms with van der Waals surface area (Å²) in [6, 6.07) is 5.55. The smallest absolute Gasteiger partial charge is 0.332 e. The van der Waals surface area contributed by atoms with Gasteiger partial charge in [0.05, 0.1) is 6.61 Å². The monoisotopic (exact) mass is 242 g/mol. The largest absolute Gasteiger partial charge is 0.493 e. The molecule has 1 N–H and O–H groups in total. The number of hydrogen-bond acceptors (Lipinski definition) is 3. The van der Waals surface area contributed by atoms with E-state index in [0.29, 0.717) is 12.4 Å². The first-order valence-electron chi connectivity index (χ1n) is 5.36. The van der Waals surface area contributed by atoms with Gasteiger partial charge in [0.15, 0.2) is 6.10 Å². The average Bonchev–Trinajstić information content (AvgIpc) is 2.30. The Morgan fingerprint density at radius 3 is 2.59 bits per heavy atom. The van der Waals surface area contributed by atoms with Crippen LogP contribution in [0.5, 0.6) is 5.75 Å². The van der Waals surface area contributed by atoms with Crippen molar-refractivity contribution in [2.24, 2.45) is 0 Å². The van der Waals surface area contributed by atoms with Crippen molar-refractivity contribution in [3.05, 3.63) is 30.1 Å². The normalized spacial score (nSPS) is 12.1. The van der Waals surface area contributed by atoms with Crippen LogP contribution in [-0.4, -0.2) is 30.4 Å². The van der Waals surface area contributed by atoms with Crippen LogP contribution in [0.25, 0.3) is 0 Å². The van der Waals surface area contributed by atoms with Crippen LogP contribution in [0, 0.1) is 5.82 Å². The number of carboxylic acid groups (broad SMARTS) is 1. The number of hydrogen-bond donors (Lipinski definition) is 1. The zero-order valence-electron chi connectivity index (χ0n) is 9.56. The van der Waals surface area contributed by atoms with Crippen LogP contribution in [0.15, 0.2) is 24.3 Å². The lowest BCUT2D eigenvalue weighted by Gasteiger charge is -2.12. The molecule has 0 spiro atoms. The van der Waals surface area contributed by atoms with Gasteiger partial charge in [-0.05, 0) is 31.2 Å². The third-order valence-corrected chi connectivity index (χ3v) is 2.11. The molecule has 0 aliphatic carbocycles. The lowest BCUT2D eigenvalue weighted by molar-refractivity contribution is -0.150. The fourth-order valence-electron chi connectivity index (χ4n) is 1.29. The second-order valence-electron chi connectivity index (χ2n) is 3.37. The predicted molar refractivity (Wildman–Crippen MR) is 59.6 cm³/mol. The Morgan fingerprint density at radius 2 is 2.06 bits per heavy atom. The number of aliphatic carboxylic acids is 1. The molecule has 0 aromatic heterocycles. The molecule has 0 aliphatic heterocycles. The third kappa shape index (κ3) is 4.82. The van der Waals surface area contributed by atoms with Crippen molar-refractivity contribution < 1.29 is 23.8 Å². The average molecular weight is 242 g/mol. The van der Waals surface area contributed by atoms with Gasteiger partial charge in [0.2, 0.25) is 0 Å². The van der Waals surface area contributed by atoms with Crippen LogP contribution in [0.2, 0.25) is 0 Å². The zero-order valence-corrected chi connectivity index (χ0v) is 9.56. The minimum Gasteiger partial charge on any atom is -0.493 e. The predicted octanol–water partition coefficient (Wildman–Crippen LogP) is 2.08. The van der Waals surface area contributed by atoms with Gasteiger partial charge in [0, 0.05) is 13.0 Å². The minimum atomic E-state index is -1.01. The molecule has 5 heteroatoms. The molecule has 1 unspecified atom stereocenters. The Bertz CT molecular complexity index is 350. The van der Waals surface area contributed by atoms with E-state index in [4.69, 9.17) is 14.6 Å². The molecule has 1 aromatic carbocycles. The molecule has 0 radical (unpaired) electrons. The van der Waals surface area contributed by atoms with Crippen LogP contribution >= 0.6 is 0 Å². The standard InChI is InChI=1S/C12H15FO4/c1-2-16-11(12(14)15)7-8-17-10-5-3-9(13)4-6-10/h3-6,11H,2,7-8H2,1H3,(H,14,15). The zero-order chi connectivity index (χ0) is 12.7. The summed E-state index contributed by atoms with van der Waals surface area (Å²) in [7, 11) is 0. The molecule has 0 saturated carbocycles. The first kappa shape index (κ1) is 13.4. The summed E-state index contributed by atoms with van der Waals surface area (Å²) in [4.78, 5) is 10.7. The second-order valence-corrected chi connectivity index (χ2v) is 3.37. The first-order chi connectivity index (χ1) is 8.13. The van der Waals surface area contributed by atoms with Gasteiger partial charge in [-0.3, -0.25) is 0 Å². The van der Waals surface area contributed by atoms with Gasteiger partial charge in [0.25, 0.3) is 0 Å². The van der Waals surface area contributed by atoms with E-state index < -0.39 is 12.1 Å². The van der Waals surface area contributed by atoms with Crippen LogP contribution in [0.1, 0.15) is 13.3 Å². The molecule has 1 atom stereocenters. The third-order valence-electron chi connectivity index (χ3n) is 2.11. The van der Waals surface area contributed by atoms with Crippen molar-refractivity contribution in [3.63, 3.8) is 0 Å². The Labute approximate surface area is 99.0 Å². The maximum atomic E-state index is 12.6.